The van der Waals surface area contributed by atoms with Crippen LogP contribution in [0.5, 0.6) is 0 Å². The Morgan fingerprint density at radius 3 is 2.20 bits per heavy atom. The van der Waals surface area contributed by atoms with E-state index < -0.39 is 0 Å². The molecule has 0 aromatic carbocycles. The van der Waals surface area contributed by atoms with Crippen LogP contribution in [0.4, 0.5) is 0 Å². The highest BCUT2D eigenvalue weighted by Gasteiger charge is 1.53. The van der Waals surface area contributed by atoms with Crippen LogP contribution >= 0.6 is 0 Å². The maximum Gasteiger partial charge on any atom is 0.0873 e. The molecule has 2 nitrogen and oxygen atoms in total. The van der Waals surface area contributed by atoms with E-state index in [1.54, 1.807) is 0 Å². The van der Waals surface area contributed by atoms with Crippen molar-refractivity contribution in [3.8, 4) is 0 Å². The molecule has 0 aromatic rings. The van der Waals surface area contributed by atoms with Crippen molar-refractivity contribution in [1.29, 1.82) is 5.41 Å². The van der Waals surface area contributed by atoms with Crippen LogP contribution < -0.4 is 5.73 Å². The first-order valence-corrected chi connectivity index (χ1v) is 1.04. The lowest BCUT2D eigenvalue weighted by Crippen LogP contribution is -2.00. The first kappa shape index (κ1) is 4.47. The predicted octanol–water partition coefficient (Wildman–Crippen LogP) is 0.578. The van der Waals surface area contributed by atoms with Crippen molar-refractivity contribution < 1.29 is 1.37 Å². The zero-order valence-corrected chi connectivity index (χ0v) is 3.58. The maximum atomic E-state index is 6.28. The number of hydrogen-bond acceptors (Lipinski definition) is 1. The highest BCUT2D eigenvalue weighted by Crippen LogP contribution is 1.36. The predicted molar refractivity (Wildman–Crippen MR) is 24.3 cm³/mol. The first-order valence-electron chi connectivity index (χ1n) is 2.04. The lowest BCUT2D eigenvalue weighted by molar-refractivity contribution is 1.42. The largest absolute Gasteiger partial charge is 0.388 e. The molecule has 5 heavy (non-hydrogen) atoms. The minimum absolute atomic E-state index is 0.167. The molecule has 0 unspecified atom stereocenters. The third-order valence-corrected chi connectivity index (χ3v) is 0. The van der Waals surface area contributed by atoms with Crippen LogP contribution in [0.3, 0.4) is 0 Å². The molecule has 2 heteroatoms. The van der Waals surface area contributed by atoms with E-state index in [9.17, 15) is 0 Å². The van der Waals surface area contributed by atoms with Crippen LogP contribution in [0.15, 0.2) is 0 Å². The summed E-state index contributed by atoms with van der Waals surface area (Å²) in [5.74, 6) is 0.167. The van der Waals surface area contributed by atoms with Gasteiger partial charge in [0.1, 0.15) is 0 Å². The van der Waals surface area contributed by atoms with Gasteiger partial charge in [-0.2, -0.15) is 0 Å². The summed E-state index contributed by atoms with van der Waals surface area (Å²) in [4.78, 5) is 0. The van der Waals surface area contributed by atoms with Gasteiger partial charge in [-0.15, -0.1) is 0 Å². The Morgan fingerprint density at radius 2 is 2.20 bits per heavy atom. The van der Waals surface area contributed by atoms with Gasteiger partial charge < -0.3 is 5.73 Å². The molecule has 0 heterocycles. The van der Waals surface area contributed by atoms with Crippen molar-refractivity contribution in [2.24, 2.45) is 5.73 Å². The van der Waals surface area contributed by atoms with Crippen molar-refractivity contribution in [2.45, 2.75) is 14.3 Å². The summed E-state index contributed by atoms with van der Waals surface area (Å²) in [6.45, 7) is 1.53. The average molecular weight is 76.1 g/mol. The molecule has 0 amide bonds. The quantitative estimate of drug-likeness (QED) is 0.322. The zero-order valence-electron chi connectivity index (χ0n) is 4.58. The van der Waals surface area contributed by atoms with Crippen LogP contribution in [0.2, 0.25) is 0 Å². The van der Waals surface area contributed by atoms with E-state index in [1.807, 2.05) is 0 Å². The Balaban J connectivity index is 0. The molecule has 0 spiro atoms. The lowest BCUT2D eigenvalue weighted by atomic mass is 10.8. The Bertz CT molecular complexity index is 31.8. The van der Waals surface area contributed by atoms with Gasteiger partial charge in [0, 0.05) is 1.37 Å². The number of nitrogens with one attached hydrogen (secondary N) is 1. The van der Waals surface area contributed by atoms with Crippen molar-refractivity contribution in [1.82, 2.24) is 0 Å². The van der Waals surface area contributed by atoms with Crippen molar-refractivity contribution in [3.05, 3.63) is 0 Å². The van der Waals surface area contributed by atoms with Gasteiger partial charge in [-0.05, 0) is 6.92 Å². The summed E-state index contributed by atoms with van der Waals surface area (Å²) in [5.41, 5.74) is 4.69. The van der Waals surface area contributed by atoms with Gasteiger partial charge >= 0.3 is 0 Å². The molecule has 0 bridgehead atoms. The van der Waals surface area contributed by atoms with Gasteiger partial charge in [0.2, 0.25) is 0 Å². The minimum atomic E-state index is 0.167. The van der Waals surface area contributed by atoms with E-state index in [0.29, 0.717) is 0 Å². The standard InChI is InChI=1S/C2H6N2.CH4/c1-2(3)4;/h1H3,(H3,3,4);1H4/i;1T. The third-order valence-electron chi connectivity index (χ3n) is 0. The normalized spacial score (nSPS) is 6.40. The van der Waals surface area contributed by atoms with Gasteiger partial charge in [-0.1, -0.05) is 7.40 Å². The summed E-state index contributed by atoms with van der Waals surface area (Å²) in [5, 5.41) is 6.28. The Morgan fingerprint density at radius 1 is 2.20 bits per heavy atom. The smallest absolute Gasteiger partial charge is 0.0873 e. The maximum absolute atomic E-state index is 6.28. The topological polar surface area (TPSA) is 49.9 Å². The molecule has 0 radical (unpaired) electrons. The molecule has 0 aliphatic heterocycles. The summed E-state index contributed by atoms with van der Waals surface area (Å²) in [6, 6.07) is 0. The summed E-state index contributed by atoms with van der Waals surface area (Å²) in [6.07, 6.45) is 0. The monoisotopic (exact) mass is 76.1 g/mol. The highest BCUT2D eigenvalue weighted by molar-refractivity contribution is 5.73. The van der Waals surface area contributed by atoms with E-state index in [4.69, 9.17) is 12.5 Å². The molecular weight excluding hydrogens is 64.0 g/mol. The van der Waals surface area contributed by atoms with Crippen LogP contribution in [-0.4, -0.2) is 5.84 Å². The van der Waals surface area contributed by atoms with Crippen molar-refractivity contribution in [2.75, 3.05) is 0 Å². The average Bonchev–Trinajstić information content (AvgIpc) is 1.41. The van der Waals surface area contributed by atoms with Crippen molar-refractivity contribution in [3.63, 3.8) is 0 Å². The number of nitrogens with two attached hydrogens (primary N) is 1. The fraction of sp³-hybridized carbons (Fsp3) is 0.667. The molecule has 0 saturated heterocycles. The molecular formula is C3H10N2. The molecule has 0 aromatic heterocycles. The molecule has 0 saturated carbocycles. The van der Waals surface area contributed by atoms with Gasteiger partial charge in [-0.3, -0.25) is 5.41 Å². The third kappa shape index (κ3) is 26.7. The molecule has 3 N–H and O–H groups in total. The zero-order chi connectivity index (χ0) is 5.58. The number of rotatable bonds is 0. The second-order valence-electron chi connectivity index (χ2n) is 0.683. The Kier molecular flexibility index (Phi) is 3.10. The molecule has 0 aliphatic rings. The first-order chi connectivity index (χ1) is 2.73. The fourth-order valence-electron chi connectivity index (χ4n) is 0. The Hall–Kier alpha value is -0.530. The van der Waals surface area contributed by atoms with Crippen LogP contribution in [-0.2, 0) is 0 Å². The molecule has 0 rings (SSSR count). The fourth-order valence-corrected chi connectivity index (χ4v) is 0. The van der Waals surface area contributed by atoms with Crippen molar-refractivity contribution >= 4 is 5.84 Å². The Labute approximate surface area is 33.9 Å². The summed E-state index contributed by atoms with van der Waals surface area (Å²) >= 11 is 0. The SMILES string of the molecule is CC(=N)N.[3H]C. The van der Waals surface area contributed by atoms with Gasteiger partial charge in [-0.25, -0.2) is 0 Å². The minimum Gasteiger partial charge on any atom is -0.388 e. The van der Waals surface area contributed by atoms with Gasteiger partial charge in [0.25, 0.3) is 0 Å². The second kappa shape index (κ2) is 3.47. The lowest BCUT2D eigenvalue weighted by Gasteiger charge is -1.66. The van der Waals surface area contributed by atoms with E-state index >= 15 is 0 Å². The van der Waals surface area contributed by atoms with Gasteiger partial charge in [0.15, 0.2) is 0 Å². The number of hydrogen-bond donors (Lipinski definition) is 2. The van der Waals surface area contributed by atoms with Crippen LogP contribution in [0.1, 0.15) is 15.7 Å². The molecule has 32 valence electrons. The number of amidine groups is 1. The summed E-state index contributed by atoms with van der Waals surface area (Å²) in [7, 11) is 1.25. The van der Waals surface area contributed by atoms with Crippen LogP contribution in [0, 0.1) is 5.41 Å². The van der Waals surface area contributed by atoms with Crippen LogP contribution in [0.25, 0.3) is 0 Å². The van der Waals surface area contributed by atoms with Gasteiger partial charge in [0.05, 0.1) is 5.84 Å². The van der Waals surface area contributed by atoms with E-state index in [1.165, 1.54) is 14.3 Å². The molecule has 0 aliphatic carbocycles. The highest BCUT2D eigenvalue weighted by atomic mass is 14.7. The van der Waals surface area contributed by atoms with E-state index in [0.717, 1.165) is 0 Å². The van der Waals surface area contributed by atoms with E-state index in [-0.39, 0.29) is 5.84 Å². The molecule has 0 atom stereocenters. The van der Waals surface area contributed by atoms with E-state index in [2.05, 4.69) is 0 Å². The summed E-state index contributed by atoms with van der Waals surface area (Å²) < 4.78 is 5.75. The molecule has 0 fully saturated rings. The second-order valence-corrected chi connectivity index (χ2v) is 0.683.